The van der Waals surface area contributed by atoms with Crippen molar-refractivity contribution in [1.29, 1.82) is 0 Å². The number of benzene rings is 2. The summed E-state index contributed by atoms with van der Waals surface area (Å²) >= 11 is 5.92. The van der Waals surface area contributed by atoms with Crippen molar-refractivity contribution in [3.05, 3.63) is 64.7 Å². The predicted molar refractivity (Wildman–Crippen MR) is 107 cm³/mol. The fraction of sp³-hybridized carbons (Fsp3) is 0.409. The summed E-state index contributed by atoms with van der Waals surface area (Å²) in [5.74, 6) is 0.0951. The summed E-state index contributed by atoms with van der Waals surface area (Å²) in [6, 6.07) is 14.1. The number of carbonyl (C=O) groups excluding carboxylic acids is 1. The number of likely N-dealkylation sites (tertiary alicyclic amines) is 2. The zero-order valence-electron chi connectivity index (χ0n) is 15.6. The average molecular weight is 403 g/mol. The molecule has 1 amide bonds. The number of hydrogen-bond donors (Lipinski definition) is 1. The highest BCUT2D eigenvalue weighted by Crippen LogP contribution is 2.33. The Hall–Kier alpha value is -2.11. The van der Waals surface area contributed by atoms with Crippen LogP contribution in [0.4, 0.5) is 4.39 Å². The Morgan fingerprint density at radius 1 is 1.04 bits per heavy atom. The Labute approximate surface area is 169 Å². The molecule has 4 nitrogen and oxygen atoms in total. The van der Waals surface area contributed by atoms with E-state index < -0.39 is 6.17 Å². The quantitative estimate of drug-likeness (QED) is 0.841. The summed E-state index contributed by atoms with van der Waals surface area (Å²) in [5, 5.41) is 10.1. The fourth-order valence-corrected chi connectivity index (χ4v) is 4.46. The van der Waals surface area contributed by atoms with Crippen molar-refractivity contribution in [2.24, 2.45) is 0 Å². The molecule has 0 spiro atoms. The zero-order valence-corrected chi connectivity index (χ0v) is 16.4. The molecule has 28 heavy (non-hydrogen) atoms. The van der Waals surface area contributed by atoms with Crippen LogP contribution < -0.4 is 0 Å². The molecule has 3 atom stereocenters. The Kier molecular flexibility index (Phi) is 5.56. The lowest BCUT2D eigenvalue weighted by molar-refractivity contribution is -0.133. The number of rotatable bonds is 4. The van der Waals surface area contributed by atoms with Crippen molar-refractivity contribution in [2.75, 3.05) is 19.6 Å². The topological polar surface area (TPSA) is 43.8 Å². The highest BCUT2D eigenvalue weighted by Gasteiger charge is 2.40. The van der Waals surface area contributed by atoms with Crippen LogP contribution in [0.5, 0.6) is 5.75 Å². The Balaban J connectivity index is 1.37. The average Bonchev–Trinajstić information content (AvgIpc) is 3.05. The third-order valence-corrected chi connectivity index (χ3v) is 6.14. The molecule has 1 N–H and O–H groups in total. The van der Waals surface area contributed by atoms with E-state index in [-0.39, 0.29) is 30.2 Å². The molecule has 2 aliphatic heterocycles. The van der Waals surface area contributed by atoms with Gasteiger partial charge in [-0.25, -0.2) is 4.39 Å². The first-order valence-corrected chi connectivity index (χ1v) is 10.1. The summed E-state index contributed by atoms with van der Waals surface area (Å²) in [6.07, 6.45) is 0.395. The third kappa shape index (κ3) is 4.01. The maximum Gasteiger partial charge on any atom is 0.240 e. The fourth-order valence-electron chi connectivity index (χ4n) is 4.34. The Morgan fingerprint density at radius 3 is 2.43 bits per heavy atom. The van der Waals surface area contributed by atoms with Crippen LogP contribution in [0.15, 0.2) is 48.5 Å². The number of nitrogens with zero attached hydrogens (tertiary/aromatic N) is 2. The van der Waals surface area contributed by atoms with Gasteiger partial charge in [-0.2, -0.15) is 0 Å². The van der Waals surface area contributed by atoms with Crippen LogP contribution >= 0.6 is 11.6 Å². The van der Waals surface area contributed by atoms with E-state index in [2.05, 4.69) is 0 Å². The number of phenols is 1. The van der Waals surface area contributed by atoms with Crippen molar-refractivity contribution in [2.45, 2.75) is 37.5 Å². The second kappa shape index (κ2) is 8.10. The minimum atomic E-state index is -1.02. The first-order valence-electron chi connectivity index (χ1n) is 9.71. The first-order chi connectivity index (χ1) is 13.5. The van der Waals surface area contributed by atoms with Gasteiger partial charge in [-0.05, 0) is 54.8 Å². The molecule has 2 heterocycles. The van der Waals surface area contributed by atoms with Gasteiger partial charge in [-0.3, -0.25) is 9.69 Å². The molecule has 2 aromatic carbocycles. The van der Waals surface area contributed by atoms with Crippen molar-refractivity contribution < 1.29 is 14.3 Å². The van der Waals surface area contributed by atoms with E-state index in [0.29, 0.717) is 31.1 Å². The van der Waals surface area contributed by atoms with Crippen LogP contribution in [-0.4, -0.2) is 52.7 Å². The van der Waals surface area contributed by atoms with E-state index in [1.165, 1.54) is 0 Å². The lowest BCUT2D eigenvalue weighted by atomic mass is 9.87. The van der Waals surface area contributed by atoms with Gasteiger partial charge in [0.05, 0.1) is 6.04 Å². The van der Waals surface area contributed by atoms with Crippen molar-refractivity contribution in [3.63, 3.8) is 0 Å². The van der Waals surface area contributed by atoms with Gasteiger partial charge in [0.2, 0.25) is 5.91 Å². The number of amides is 1. The van der Waals surface area contributed by atoms with E-state index >= 15 is 0 Å². The molecule has 0 aromatic heterocycles. The van der Waals surface area contributed by atoms with Gasteiger partial charge in [-0.1, -0.05) is 35.9 Å². The van der Waals surface area contributed by atoms with Gasteiger partial charge >= 0.3 is 0 Å². The van der Waals surface area contributed by atoms with Crippen LogP contribution in [-0.2, 0) is 11.3 Å². The Bertz CT molecular complexity index is 827. The van der Waals surface area contributed by atoms with Crippen LogP contribution in [0.3, 0.4) is 0 Å². The van der Waals surface area contributed by atoms with E-state index in [4.69, 9.17) is 11.6 Å². The predicted octanol–water partition coefficient (Wildman–Crippen LogP) is 3.97. The molecule has 1 unspecified atom stereocenters. The molecular formula is C22H24ClFN2O2. The van der Waals surface area contributed by atoms with Crippen LogP contribution in [0.25, 0.3) is 0 Å². The number of aromatic hydroxyl groups is 1. The molecule has 2 saturated heterocycles. The second-order valence-corrected chi connectivity index (χ2v) is 8.12. The monoisotopic (exact) mass is 402 g/mol. The van der Waals surface area contributed by atoms with E-state index in [0.717, 1.165) is 17.5 Å². The maximum atomic E-state index is 14.9. The van der Waals surface area contributed by atoms with Gasteiger partial charge in [0, 0.05) is 30.6 Å². The summed E-state index contributed by atoms with van der Waals surface area (Å²) in [5.41, 5.74) is 1.96. The van der Waals surface area contributed by atoms with E-state index in [1.54, 1.807) is 24.3 Å². The van der Waals surface area contributed by atoms with Crippen molar-refractivity contribution in [3.8, 4) is 5.75 Å². The Morgan fingerprint density at radius 2 is 1.75 bits per heavy atom. The zero-order chi connectivity index (χ0) is 19.7. The lowest BCUT2D eigenvalue weighted by Gasteiger charge is -2.37. The number of halogens is 2. The van der Waals surface area contributed by atoms with Gasteiger partial charge in [-0.15, -0.1) is 0 Å². The van der Waals surface area contributed by atoms with Crippen molar-refractivity contribution in [1.82, 2.24) is 9.80 Å². The molecular weight excluding hydrogens is 379 g/mol. The molecule has 4 rings (SSSR count). The number of hydrogen-bond acceptors (Lipinski definition) is 3. The van der Waals surface area contributed by atoms with Crippen LogP contribution in [0.2, 0.25) is 5.02 Å². The smallest absolute Gasteiger partial charge is 0.240 e. The molecule has 0 bridgehead atoms. The lowest BCUT2D eigenvalue weighted by Crippen LogP contribution is -2.49. The molecule has 0 aliphatic carbocycles. The number of carbonyl (C=O) groups is 1. The molecule has 0 saturated carbocycles. The number of alkyl halides is 1. The molecule has 2 aliphatic rings. The summed E-state index contributed by atoms with van der Waals surface area (Å²) < 4.78 is 14.9. The van der Waals surface area contributed by atoms with E-state index in [1.807, 2.05) is 34.1 Å². The van der Waals surface area contributed by atoms with Crippen LogP contribution in [0.1, 0.15) is 29.9 Å². The molecule has 6 heteroatoms. The minimum Gasteiger partial charge on any atom is -0.508 e. The standard InChI is InChI=1S/C22H24ClFN2O2/c23-17-5-1-15(2-6-17)13-26-12-10-21(22(26)28)25-11-9-19(20(24)14-25)16-3-7-18(27)8-4-16/h1-8,19-21,27H,9-14H2/t19-,20+,21?/m1/s1. The van der Waals surface area contributed by atoms with Gasteiger partial charge < -0.3 is 10.0 Å². The van der Waals surface area contributed by atoms with Gasteiger partial charge in [0.1, 0.15) is 11.9 Å². The summed E-state index contributed by atoms with van der Waals surface area (Å²) in [7, 11) is 0. The minimum absolute atomic E-state index is 0.0882. The normalized spacial score (nSPS) is 26.0. The maximum absolute atomic E-state index is 14.9. The summed E-state index contributed by atoms with van der Waals surface area (Å²) in [6.45, 7) is 2.24. The largest absolute Gasteiger partial charge is 0.508 e. The summed E-state index contributed by atoms with van der Waals surface area (Å²) in [4.78, 5) is 16.7. The number of phenolic OH excluding ortho intramolecular Hbond substituents is 1. The highest BCUT2D eigenvalue weighted by atomic mass is 35.5. The van der Waals surface area contributed by atoms with Gasteiger partial charge in [0.25, 0.3) is 0 Å². The third-order valence-electron chi connectivity index (χ3n) is 5.89. The highest BCUT2D eigenvalue weighted by molar-refractivity contribution is 6.30. The molecule has 2 fully saturated rings. The van der Waals surface area contributed by atoms with Crippen molar-refractivity contribution >= 4 is 17.5 Å². The first kappa shape index (κ1) is 19.2. The molecule has 148 valence electrons. The number of piperidine rings is 1. The molecule has 0 radical (unpaired) electrons. The van der Waals surface area contributed by atoms with E-state index in [9.17, 15) is 14.3 Å². The molecule has 2 aromatic rings. The van der Waals surface area contributed by atoms with Gasteiger partial charge in [0.15, 0.2) is 0 Å². The van der Waals surface area contributed by atoms with Crippen LogP contribution in [0, 0.1) is 0 Å². The second-order valence-electron chi connectivity index (χ2n) is 7.69. The SMILES string of the molecule is O=C1C(N2CC[C@H](c3ccc(O)cc3)[C@@H](F)C2)CCN1Cc1ccc(Cl)cc1.